The first-order chi connectivity index (χ1) is 6.75. The summed E-state index contributed by atoms with van der Waals surface area (Å²) in [5.41, 5.74) is 1.53. The number of aromatic nitrogens is 2. The van der Waals surface area contributed by atoms with Crippen LogP contribution in [0.3, 0.4) is 0 Å². The molecule has 2 aromatic rings. The predicted octanol–water partition coefficient (Wildman–Crippen LogP) is 1.26. The van der Waals surface area contributed by atoms with Crippen LogP contribution in [0, 0.1) is 0 Å². The van der Waals surface area contributed by atoms with Gasteiger partial charge in [0.2, 0.25) is 0 Å². The Labute approximate surface area is 80.2 Å². The number of carboxylic acid groups (broad SMARTS) is 1. The predicted molar refractivity (Wildman–Crippen MR) is 50.9 cm³/mol. The van der Waals surface area contributed by atoms with Crippen molar-refractivity contribution in [1.29, 1.82) is 0 Å². The van der Waals surface area contributed by atoms with Gasteiger partial charge >= 0.3 is 5.97 Å². The van der Waals surface area contributed by atoms with Gasteiger partial charge in [-0.15, -0.1) is 0 Å². The van der Waals surface area contributed by atoms with Gasteiger partial charge in [-0.3, -0.25) is 4.79 Å². The molecule has 1 aromatic heterocycles. The number of hydrogen-bond donors (Lipinski definition) is 1. The second-order valence-corrected chi connectivity index (χ2v) is 2.99. The van der Waals surface area contributed by atoms with Crippen LogP contribution in [0.1, 0.15) is 5.56 Å². The summed E-state index contributed by atoms with van der Waals surface area (Å²) in [6, 6.07) is 5.37. The molecule has 0 aliphatic carbocycles. The lowest BCUT2D eigenvalue weighted by atomic mass is 10.1. The first-order valence-corrected chi connectivity index (χ1v) is 4.16. The van der Waals surface area contributed by atoms with Gasteiger partial charge in [0.1, 0.15) is 6.33 Å². The second kappa shape index (κ2) is 3.41. The molecule has 0 saturated heterocycles. The van der Waals surface area contributed by atoms with E-state index in [0.717, 1.165) is 16.5 Å². The summed E-state index contributed by atoms with van der Waals surface area (Å²) in [6.07, 6.45) is 3.18. The van der Waals surface area contributed by atoms with Gasteiger partial charge in [-0.05, 0) is 11.6 Å². The van der Waals surface area contributed by atoms with Crippen molar-refractivity contribution >= 4 is 16.9 Å². The van der Waals surface area contributed by atoms with Gasteiger partial charge < -0.3 is 5.11 Å². The molecular weight excluding hydrogens is 180 g/mol. The number of fused-ring (bicyclic) bond motifs is 1. The van der Waals surface area contributed by atoms with Gasteiger partial charge in [-0.2, -0.15) is 0 Å². The third-order valence-electron chi connectivity index (χ3n) is 1.93. The molecule has 0 aliphatic heterocycles. The number of benzene rings is 1. The van der Waals surface area contributed by atoms with Gasteiger partial charge in [0.05, 0.1) is 11.9 Å². The lowest BCUT2D eigenvalue weighted by Crippen LogP contribution is -1.99. The maximum absolute atomic E-state index is 10.5. The van der Waals surface area contributed by atoms with Gasteiger partial charge in [-0.25, -0.2) is 9.97 Å². The number of hydrogen-bond acceptors (Lipinski definition) is 3. The van der Waals surface area contributed by atoms with Crippen LogP contribution in [-0.2, 0) is 11.2 Å². The van der Waals surface area contributed by atoms with Gasteiger partial charge in [0, 0.05) is 11.6 Å². The van der Waals surface area contributed by atoms with E-state index >= 15 is 0 Å². The fourth-order valence-corrected chi connectivity index (χ4v) is 1.30. The zero-order chi connectivity index (χ0) is 9.97. The molecule has 0 amide bonds. The number of carbonyl (C=O) groups is 1. The third kappa shape index (κ3) is 1.69. The Morgan fingerprint density at radius 1 is 1.43 bits per heavy atom. The normalized spacial score (nSPS) is 10.3. The summed E-state index contributed by atoms with van der Waals surface area (Å²) >= 11 is 0. The summed E-state index contributed by atoms with van der Waals surface area (Å²) in [5, 5.41) is 9.52. The number of rotatable bonds is 2. The molecule has 0 atom stereocenters. The van der Waals surface area contributed by atoms with Crippen molar-refractivity contribution in [3.63, 3.8) is 0 Å². The van der Waals surface area contributed by atoms with E-state index in [-0.39, 0.29) is 6.42 Å². The van der Waals surface area contributed by atoms with E-state index in [1.54, 1.807) is 18.3 Å². The van der Waals surface area contributed by atoms with Gasteiger partial charge in [-0.1, -0.05) is 12.1 Å². The fourth-order valence-electron chi connectivity index (χ4n) is 1.30. The third-order valence-corrected chi connectivity index (χ3v) is 1.93. The molecule has 0 saturated carbocycles. The average molecular weight is 188 g/mol. The number of nitrogens with zero attached hydrogens (tertiary/aromatic N) is 2. The van der Waals surface area contributed by atoms with Crippen LogP contribution in [0.15, 0.2) is 30.7 Å². The highest BCUT2D eigenvalue weighted by Crippen LogP contribution is 2.12. The van der Waals surface area contributed by atoms with Crippen LogP contribution in [0.4, 0.5) is 0 Å². The average Bonchev–Trinajstić information content (AvgIpc) is 2.17. The van der Waals surface area contributed by atoms with Crippen molar-refractivity contribution in [2.24, 2.45) is 0 Å². The topological polar surface area (TPSA) is 63.1 Å². The molecule has 0 bridgehead atoms. The van der Waals surface area contributed by atoms with E-state index in [4.69, 9.17) is 5.11 Å². The summed E-state index contributed by atoms with van der Waals surface area (Å²) in [5.74, 6) is -0.835. The highest BCUT2D eigenvalue weighted by atomic mass is 16.4. The van der Waals surface area contributed by atoms with E-state index in [1.165, 1.54) is 6.33 Å². The smallest absolute Gasteiger partial charge is 0.307 e. The summed E-state index contributed by atoms with van der Waals surface area (Å²) in [6.45, 7) is 0. The quantitative estimate of drug-likeness (QED) is 0.770. The van der Waals surface area contributed by atoms with Crippen LogP contribution in [0.25, 0.3) is 10.9 Å². The maximum Gasteiger partial charge on any atom is 0.307 e. The summed E-state index contributed by atoms with van der Waals surface area (Å²) in [7, 11) is 0. The molecule has 70 valence electrons. The molecule has 0 fully saturated rings. The minimum Gasteiger partial charge on any atom is -0.481 e. The molecule has 4 nitrogen and oxygen atoms in total. The van der Waals surface area contributed by atoms with E-state index < -0.39 is 5.97 Å². The zero-order valence-corrected chi connectivity index (χ0v) is 7.34. The molecular formula is C10H8N2O2. The zero-order valence-electron chi connectivity index (χ0n) is 7.34. The largest absolute Gasteiger partial charge is 0.481 e. The summed E-state index contributed by atoms with van der Waals surface area (Å²) < 4.78 is 0. The standard InChI is InChI=1S/C10H8N2O2/c13-10(14)4-7-1-2-8-5-11-6-12-9(8)3-7/h1-3,5-6H,4H2,(H,13,14). The lowest BCUT2D eigenvalue weighted by Gasteiger charge is -1.99. The second-order valence-electron chi connectivity index (χ2n) is 2.99. The Hall–Kier alpha value is -1.97. The van der Waals surface area contributed by atoms with Crippen LogP contribution in [-0.4, -0.2) is 21.0 Å². The molecule has 14 heavy (non-hydrogen) atoms. The minimum atomic E-state index is -0.835. The molecule has 2 rings (SSSR count). The summed E-state index contributed by atoms with van der Waals surface area (Å²) in [4.78, 5) is 18.4. The molecule has 0 spiro atoms. The highest BCUT2D eigenvalue weighted by Gasteiger charge is 2.01. The Balaban J connectivity index is 2.46. The monoisotopic (exact) mass is 188 g/mol. The first-order valence-electron chi connectivity index (χ1n) is 4.16. The molecule has 0 radical (unpaired) electrons. The Kier molecular flexibility index (Phi) is 2.10. The molecule has 1 heterocycles. The Bertz CT molecular complexity index is 482. The molecule has 0 unspecified atom stereocenters. The van der Waals surface area contributed by atoms with E-state index in [0.29, 0.717) is 0 Å². The lowest BCUT2D eigenvalue weighted by molar-refractivity contribution is -0.136. The maximum atomic E-state index is 10.5. The Morgan fingerprint density at radius 2 is 2.29 bits per heavy atom. The fraction of sp³-hybridized carbons (Fsp3) is 0.100. The van der Waals surface area contributed by atoms with Crippen LogP contribution >= 0.6 is 0 Å². The van der Waals surface area contributed by atoms with Crippen molar-refractivity contribution in [3.05, 3.63) is 36.3 Å². The van der Waals surface area contributed by atoms with E-state index in [9.17, 15) is 4.79 Å². The minimum absolute atomic E-state index is 0.0277. The van der Waals surface area contributed by atoms with Crippen LogP contribution in [0.2, 0.25) is 0 Å². The van der Waals surface area contributed by atoms with Crippen molar-refractivity contribution in [3.8, 4) is 0 Å². The molecule has 1 aromatic carbocycles. The first kappa shape index (κ1) is 8.62. The van der Waals surface area contributed by atoms with Crippen molar-refractivity contribution in [1.82, 2.24) is 9.97 Å². The van der Waals surface area contributed by atoms with Crippen molar-refractivity contribution in [2.75, 3.05) is 0 Å². The highest BCUT2D eigenvalue weighted by molar-refractivity contribution is 5.79. The van der Waals surface area contributed by atoms with Gasteiger partial charge in [0.15, 0.2) is 0 Å². The SMILES string of the molecule is O=C(O)Cc1ccc2cncnc2c1. The van der Waals surface area contributed by atoms with E-state index in [2.05, 4.69) is 9.97 Å². The number of aliphatic carboxylic acids is 1. The van der Waals surface area contributed by atoms with E-state index in [1.807, 2.05) is 6.07 Å². The van der Waals surface area contributed by atoms with Crippen molar-refractivity contribution in [2.45, 2.75) is 6.42 Å². The number of carboxylic acids is 1. The van der Waals surface area contributed by atoms with Crippen molar-refractivity contribution < 1.29 is 9.90 Å². The van der Waals surface area contributed by atoms with Crippen LogP contribution in [0.5, 0.6) is 0 Å². The van der Waals surface area contributed by atoms with Crippen LogP contribution < -0.4 is 0 Å². The van der Waals surface area contributed by atoms with Gasteiger partial charge in [0.25, 0.3) is 0 Å². The molecule has 0 aliphatic rings. The molecule has 1 N–H and O–H groups in total. The Morgan fingerprint density at radius 3 is 3.07 bits per heavy atom. The molecule has 4 heteroatoms.